The van der Waals surface area contributed by atoms with Gasteiger partial charge in [0.15, 0.2) is 0 Å². The largest absolute Gasteiger partial charge is 0.342 e. The van der Waals surface area contributed by atoms with Gasteiger partial charge in [-0.15, -0.1) is 0 Å². The summed E-state index contributed by atoms with van der Waals surface area (Å²) in [4.78, 5) is 26.2. The number of urea groups is 1. The molecule has 3 N–H and O–H groups in total. The van der Waals surface area contributed by atoms with Crippen molar-refractivity contribution in [1.29, 1.82) is 0 Å². The predicted octanol–water partition coefficient (Wildman–Crippen LogP) is 2.35. The van der Waals surface area contributed by atoms with Crippen LogP contribution in [-0.4, -0.2) is 50.1 Å². The van der Waals surface area contributed by atoms with Gasteiger partial charge in [-0.25, -0.2) is 4.79 Å². The van der Waals surface area contributed by atoms with Crippen molar-refractivity contribution in [2.45, 2.75) is 32.6 Å². The number of hydrogen-bond acceptors (Lipinski definition) is 3. The fourth-order valence-corrected chi connectivity index (χ4v) is 3.08. The Kier molecular flexibility index (Phi) is 7.73. The molecule has 0 bridgehead atoms. The number of amides is 3. The van der Waals surface area contributed by atoms with Crippen LogP contribution in [-0.2, 0) is 4.79 Å². The number of likely N-dealkylation sites (tertiary alicyclic amines) is 1. The number of anilines is 1. The second-order valence-corrected chi connectivity index (χ2v) is 6.76. The van der Waals surface area contributed by atoms with Gasteiger partial charge in [-0.2, -0.15) is 0 Å². The Morgan fingerprint density at radius 2 is 2.00 bits per heavy atom. The number of carbonyl (C=O) groups excluding carboxylic acids is 2. The Bertz CT molecular complexity index is 559. The Labute approximate surface area is 150 Å². The number of nitrogens with one attached hydrogen (secondary N) is 3. The zero-order valence-corrected chi connectivity index (χ0v) is 15.3. The van der Waals surface area contributed by atoms with Crippen molar-refractivity contribution in [3.05, 3.63) is 29.8 Å². The van der Waals surface area contributed by atoms with E-state index in [0.29, 0.717) is 18.9 Å². The third-order valence-corrected chi connectivity index (χ3v) is 4.55. The van der Waals surface area contributed by atoms with E-state index in [9.17, 15) is 9.59 Å². The molecule has 1 aromatic rings. The Balaban J connectivity index is 1.71. The molecular weight excluding hydrogens is 316 g/mol. The van der Waals surface area contributed by atoms with Crippen LogP contribution in [0.5, 0.6) is 0 Å². The standard InChI is InChI=1S/C19H30N4O2/c1-15-7-9-17(10-8-15)22-19(25)21-13-16-5-4-12-23(14-16)18(24)6-3-11-20-2/h7-10,16,20H,3-6,11-14H2,1-2H3,(H2,21,22,25). The van der Waals surface area contributed by atoms with E-state index in [1.54, 1.807) is 0 Å². The highest BCUT2D eigenvalue weighted by Gasteiger charge is 2.23. The van der Waals surface area contributed by atoms with E-state index >= 15 is 0 Å². The predicted molar refractivity (Wildman–Crippen MR) is 101 cm³/mol. The van der Waals surface area contributed by atoms with Crippen molar-refractivity contribution < 1.29 is 9.59 Å². The van der Waals surface area contributed by atoms with Gasteiger partial charge in [-0.1, -0.05) is 17.7 Å². The number of carbonyl (C=O) groups is 2. The first-order valence-corrected chi connectivity index (χ1v) is 9.12. The molecule has 1 unspecified atom stereocenters. The minimum atomic E-state index is -0.193. The molecule has 1 atom stereocenters. The van der Waals surface area contributed by atoms with Crippen LogP contribution in [0.3, 0.4) is 0 Å². The quantitative estimate of drug-likeness (QED) is 0.664. The first-order chi connectivity index (χ1) is 12.1. The summed E-state index contributed by atoms with van der Waals surface area (Å²) >= 11 is 0. The van der Waals surface area contributed by atoms with E-state index in [1.807, 2.05) is 43.1 Å². The van der Waals surface area contributed by atoms with E-state index in [1.165, 1.54) is 0 Å². The Hall–Kier alpha value is -2.08. The van der Waals surface area contributed by atoms with Gasteiger partial charge in [-0.05, 0) is 57.8 Å². The van der Waals surface area contributed by atoms with Gasteiger partial charge < -0.3 is 20.9 Å². The summed E-state index contributed by atoms with van der Waals surface area (Å²) in [5.41, 5.74) is 1.95. The zero-order valence-electron chi connectivity index (χ0n) is 15.3. The summed E-state index contributed by atoms with van der Waals surface area (Å²) in [6.07, 6.45) is 3.51. The van der Waals surface area contributed by atoms with Gasteiger partial charge in [0.2, 0.25) is 5.91 Å². The first kappa shape index (κ1) is 19.2. The molecule has 1 saturated heterocycles. The third kappa shape index (κ3) is 6.74. The molecule has 0 saturated carbocycles. The fourth-order valence-electron chi connectivity index (χ4n) is 3.08. The van der Waals surface area contributed by atoms with Gasteiger partial charge in [0.05, 0.1) is 0 Å². The second-order valence-electron chi connectivity index (χ2n) is 6.76. The molecule has 1 fully saturated rings. The lowest BCUT2D eigenvalue weighted by Gasteiger charge is -2.33. The van der Waals surface area contributed by atoms with E-state index in [-0.39, 0.29) is 11.9 Å². The highest BCUT2D eigenvalue weighted by molar-refractivity contribution is 5.89. The third-order valence-electron chi connectivity index (χ3n) is 4.55. The van der Waals surface area contributed by atoms with Crippen molar-refractivity contribution in [3.63, 3.8) is 0 Å². The summed E-state index contributed by atoms with van der Waals surface area (Å²) in [5.74, 6) is 0.551. The SMILES string of the molecule is CNCCCC(=O)N1CCCC(CNC(=O)Nc2ccc(C)cc2)C1. The molecule has 25 heavy (non-hydrogen) atoms. The Morgan fingerprint density at radius 3 is 2.72 bits per heavy atom. The van der Waals surface area contributed by atoms with E-state index < -0.39 is 0 Å². The Morgan fingerprint density at radius 1 is 1.24 bits per heavy atom. The number of rotatable bonds is 7. The average Bonchev–Trinajstić information content (AvgIpc) is 2.62. The minimum Gasteiger partial charge on any atom is -0.342 e. The molecule has 1 aliphatic heterocycles. The maximum atomic E-state index is 12.2. The highest BCUT2D eigenvalue weighted by Crippen LogP contribution is 2.17. The number of piperidine rings is 1. The van der Waals surface area contributed by atoms with Crippen LogP contribution in [0.4, 0.5) is 10.5 Å². The lowest BCUT2D eigenvalue weighted by molar-refractivity contribution is -0.133. The number of aryl methyl sites for hydroxylation is 1. The summed E-state index contributed by atoms with van der Waals surface area (Å²) in [7, 11) is 1.90. The van der Waals surface area contributed by atoms with E-state index in [0.717, 1.165) is 50.1 Å². The van der Waals surface area contributed by atoms with Crippen molar-refractivity contribution in [3.8, 4) is 0 Å². The molecular formula is C19H30N4O2. The smallest absolute Gasteiger partial charge is 0.319 e. The van der Waals surface area contributed by atoms with Crippen molar-refractivity contribution >= 4 is 17.6 Å². The second kappa shape index (κ2) is 10.0. The summed E-state index contributed by atoms with van der Waals surface area (Å²) in [6, 6.07) is 7.52. The first-order valence-electron chi connectivity index (χ1n) is 9.12. The molecule has 0 aliphatic carbocycles. The summed E-state index contributed by atoms with van der Waals surface area (Å²) < 4.78 is 0. The van der Waals surface area contributed by atoms with Crippen LogP contribution < -0.4 is 16.0 Å². The van der Waals surface area contributed by atoms with Gasteiger partial charge in [0.1, 0.15) is 0 Å². The molecule has 0 radical (unpaired) electrons. The van der Waals surface area contributed by atoms with Crippen molar-refractivity contribution in [2.24, 2.45) is 5.92 Å². The highest BCUT2D eigenvalue weighted by atomic mass is 16.2. The number of benzene rings is 1. The topological polar surface area (TPSA) is 73.5 Å². The fraction of sp³-hybridized carbons (Fsp3) is 0.579. The van der Waals surface area contributed by atoms with Crippen LogP contribution in [0, 0.1) is 12.8 Å². The summed E-state index contributed by atoms with van der Waals surface area (Å²) in [6.45, 7) is 5.05. The van der Waals surface area contributed by atoms with Gasteiger partial charge in [-0.3, -0.25) is 4.79 Å². The molecule has 3 amide bonds. The normalized spacial score (nSPS) is 17.2. The number of nitrogens with zero attached hydrogens (tertiary/aromatic N) is 1. The zero-order chi connectivity index (χ0) is 18.1. The molecule has 1 heterocycles. The van der Waals surface area contributed by atoms with Crippen LogP contribution in [0.15, 0.2) is 24.3 Å². The van der Waals surface area contributed by atoms with Crippen molar-refractivity contribution in [2.75, 3.05) is 38.5 Å². The maximum absolute atomic E-state index is 12.2. The van der Waals surface area contributed by atoms with E-state index in [4.69, 9.17) is 0 Å². The lowest BCUT2D eigenvalue weighted by atomic mass is 9.97. The average molecular weight is 346 g/mol. The minimum absolute atomic E-state index is 0.193. The molecule has 0 spiro atoms. The van der Waals surface area contributed by atoms with Crippen molar-refractivity contribution in [1.82, 2.24) is 15.5 Å². The van der Waals surface area contributed by atoms with Crippen LogP contribution in [0.2, 0.25) is 0 Å². The van der Waals surface area contributed by atoms with Crippen LogP contribution in [0.25, 0.3) is 0 Å². The van der Waals surface area contributed by atoms with Crippen LogP contribution >= 0.6 is 0 Å². The molecule has 138 valence electrons. The molecule has 1 aromatic carbocycles. The molecule has 0 aromatic heterocycles. The number of hydrogen-bond donors (Lipinski definition) is 3. The van der Waals surface area contributed by atoms with Gasteiger partial charge >= 0.3 is 6.03 Å². The van der Waals surface area contributed by atoms with Gasteiger partial charge in [0.25, 0.3) is 0 Å². The molecule has 2 rings (SSSR count). The lowest BCUT2D eigenvalue weighted by Crippen LogP contribution is -2.44. The monoisotopic (exact) mass is 346 g/mol. The molecule has 6 nitrogen and oxygen atoms in total. The molecule has 1 aliphatic rings. The maximum Gasteiger partial charge on any atom is 0.319 e. The molecule has 6 heteroatoms. The van der Waals surface area contributed by atoms with Gasteiger partial charge in [0, 0.05) is 31.7 Å². The van der Waals surface area contributed by atoms with E-state index in [2.05, 4.69) is 16.0 Å². The summed E-state index contributed by atoms with van der Waals surface area (Å²) in [5, 5.41) is 8.83. The van der Waals surface area contributed by atoms with Crippen LogP contribution in [0.1, 0.15) is 31.2 Å².